The molecule has 0 aliphatic heterocycles. The van der Waals surface area contributed by atoms with Crippen LogP contribution in [0.4, 0.5) is 11.5 Å². The highest BCUT2D eigenvalue weighted by Crippen LogP contribution is 2.12. The molecule has 0 atom stereocenters. The fraction of sp³-hybridized carbons (Fsp3) is 0.250. The molecule has 2 aromatic rings. The van der Waals surface area contributed by atoms with Crippen molar-refractivity contribution in [1.29, 1.82) is 0 Å². The van der Waals surface area contributed by atoms with Crippen molar-refractivity contribution in [2.45, 2.75) is 13.3 Å². The lowest BCUT2D eigenvalue weighted by Gasteiger charge is -2.07. The van der Waals surface area contributed by atoms with Crippen LogP contribution in [-0.2, 0) is 4.74 Å². The van der Waals surface area contributed by atoms with Gasteiger partial charge in [-0.3, -0.25) is 4.79 Å². The third-order valence-electron chi connectivity index (χ3n) is 3.00. The Morgan fingerprint density at radius 1 is 1.13 bits per heavy atom. The molecule has 1 aromatic carbocycles. The van der Waals surface area contributed by atoms with E-state index in [1.807, 2.05) is 6.92 Å². The molecule has 0 aliphatic carbocycles. The lowest BCUT2D eigenvalue weighted by atomic mass is 10.2. The van der Waals surface area contributed by atoms with Crippen molar-refractivity contribution < 1.29 is 14.3 Å². The maximum absolute atomic E-state index is 12.1. The average Bonchev–Trinajstić information content (AvgIpc) is 2.60. The third-order valence-corrected chi connectivity index (χ3v) is 3.00. The van der Waals surface area contributed by atoms with Crippen LogP contribution in [0.3, 0.4) is 0 Å². The predicted octanol–water partition coefficient (Wildman–Crippen LogP) is 2.34. The molecule has 0 bridgehead atoms. The van der Waals surface area contributed by atoms with Gasteiger partial charge in [0.1, 0.15) is 11.5 Å². The second-order valence-corrected chi connectivity index (χ2v) is 4.74. The monoisotopic (exact) mass is 314 g/mol. The van der Waals surface area contributed by atoms with Crippen LogP contribution in [0.1, 0.15) is 34.2 Å². The van der Waals surface area contributed by atoms with Gasteiger partial charge in [0, 0.05) is 12.2 Å². The van der Waals surface area contributed by atoms with E-state index in [2.05, 4.69) is 25.3 Å². The molecular formula is C16H18N4O3. The number of carbonyl (C=O) groups is 2. The zero-order chi connectivity index (χ0) is 16.7. The summed E-state index contributed by atoms with van der Waals surface area (Å²) in [5.41, 5.74) is 1.18. The van der Waals surface area contributed by atoms with Crippen molar-refractivity contribution in [3.63, 3.8) is 0 Å². The summed E-state index contributed by atoms with van der Waals surface area (Å²) in [6.07, 6.45) is 3.91. The van der Waals surface area contributed by atoms with Gasteiger partial charge < -0.3 is 15.4 Å². The molecule has 0 saturated heterocycles. The maximum Gasteiger partial charge on any atom is 0.337 e. The number of aromatic nitrogens is 2. The molecule has 1 heterocycles. The minimum absolute atomic E-state index is 0.212. The van der Waals surface area contributed by atoms with Crippen LogP contribution in [0, 0.1) is 0 Å². The van der Waals surface area contributed by atoms with Gasteiger partial charge in [0.15, 0.2) is 0 Å². The van der Waals surface area contributed by atoms with Gasteiger partial charge in [-0.25, -0.2) is 14.8 Å². The molecule has 0 spiro atoms. The van der Waals surface area contributed by atoms with Gasteiger partial charge in [0.05, 0.1) is 25.1 Å². The number of benzene rings is 1. The molecule has 0 radical (unpaired) electrons. The topological polar surface area (TPSA) is 93.2 Å². The average molecular weight is 314 g/mol. The Labute approximate surface area is 134 Å². The second-order valence-electron chi connectivity index (χ2n) is 4.74. The Balaban J connectivity index is 1.99. The van der Waals surface area contributed by atoms with Gasteiger partial charge in [0.2, 0.25) is 0 Å². The van der Waals surface area contributed by atoms with E-state index >= 15 is 0 Å². The van der Waals surface area contributed by atoms with Gasteiger partial charge in [-0.2, -0.15) is 0 Å². The second kappa shape index (κ2) is 7.88. The number of carbonyl (C=O) groups excluding carboxylic acids is 2. The van der Waals surface area contributed by atoms with Crippen molar-refractivity contribution >= 4 is 23.4 Å². The van der Waals surface area contributed by atoms with E-state index in [-0.39, 0.29) is 11.6 Å². The summed E-state index contributed by atoms with van der Waals surface area (Å²) in [5.74, 6) is -0.167. The first-order chi connectivity index (χ1) is 11.1. The number of ether oxygens (including phenoxy) is 1. The van der Waals surface area contributed by atoms with Crippen LogP contribution in [0.15, 0.2) is 36.7 Å². The van der Waals surface area contributed by atoms with Crippen LogP contribution in [0.5, 0.6) is 0 Å². The SMILES string of the molecule is CCCNc1cnc(C(=O)Nc2ccc(C(=O)OC)cc2)cn1. The lowest BCUT2D eigenvalue weighted by Crippen LogP contribution is -2.14. The quantitative estimate of drug-likeness (QED) is 0.795. The van der Waals surface area contributed by atoms with Crippen LogP contribution >= 0.6 is 0 Å². The van der Waals surface area contributed by atoms with Gasteiger partial charge in [-0.1, -0.05) is 6.92 Å². The number of methoxy groups -OCH3 is 1. The maximum atomic E-state index is 12.1. The Morgan fingerprint density at radius 3 is 2.43 bits per heavy atom. The number of esters is 1. The Morgan fingerprint density at radius 2 is 1.87 bits per heavy atom. The molecule has 23 heavy (non-hydrogen) atoms. The molecule has 2 N–H and O–H groups in total. The number of rotatable bonds is 6. The molecule has 7 nitrogen and oxygen atoms in total. The van der Waals surface area contributed by atoms with E-state index < -0.39 is 5.97 Å². The van der Waals surface area contributed by atoms with Crippen LogP contribution in [0.25, 0.3) is 0 Å². The summed E-state index contributed by atoms with van der Waals surface area (Å²) in [6, 6.07) is 6.39. The summed E-state index contributed by atoms with van der Waals surface area (Å²) < 4.78 is 4.62. The van der Waals surface area contributed by atoms with E-state index in [1.54, 1.807) is 24.3 Å². The summed E-state index contributed by atoms with van der Waals surface area (Å²) in [7, 11) is 1.32. The molecule has 0 fully saturated rings. The number of nitrogens with one attached hydrogen (secondary N) is 2. The normalized spacial score (nSPS) is 10.0. The highest BCUT2D eigenvalue weighted by molar-refractivity contribution is 6.03. The minimum Gasteiger partial charge on any atom is -0.465 e. The van der Waals surface area contributed by atoms with E-state index in [0.29, 0.717) is 17.1 Å². The van der Waals surface area contributed by atoms with Crippen LogP contribution in [0.2, 0.25) is 0 Å². The number of nitrogens with zero attached hydrogens (tertiary/aromatic N) is 2. The van der Waals surface area contributed by atoms with Crippen LogP contribution in [-0.4, -0.2) is 35.5 Å². The van der Waals surface area contributed by atoms with Crippen molar-refractivity contribution in [1.82, 2.24) is 9.97 Å². The van der Waals surface area contributed by atoms with Gasteiger partial charge in [-0.15, -0.1) is 0 Å². The highest BCUT2D eigenvalue weighted by atomic mass is 16.5. The smallest absolute Gasteiger partial charge is 0.337 e. The molecule has 7 heteroatoms. The largest absolute Gasteiger partial charge is 0.465 e. The third kappa shape index (κ3) is 4.50. The van der Waals surface area contributed by atoms with Gasteiger partial charge in [-0.05, 0) is 30.7 Å². The first-order valence-corrected chi connectivity index (χ1v) is 7.19. The number of anilines is 2. The number of amides is 1. The summed E-state index contributed by atoms with van der Waals surface area (Å²) in [4.78, 5) is 31.6. The fourth-order valence-corrected chi connectivity index (χ4v) is 1.79. The molecule has 1 amide bonds. The Hall–Kier alpha value is -2.96. The van der Waals surface area contributed by atoms with Crippen molar-refractivity contribution in [3.05, 3.63) is 47.9 Å². The summed E-state index contributed by atoms with van der Waals surface area (Å²) in [6.45, 7) is 2.85. The molecule has 2 rings (SSSR count). The fourth-order valence-electron chi connectivity index (χ4n) is 1.79. The minimum atomic E-state index is -0.427. The van der Waals surface area contributed by atoms with Gasteiger partial charge >= 0.3 is 5.97 Å². The first kappa shape index (κ1) is 16.4. The van der Waals surface area contributed by atoms with Crippen molar-refractivity contribution in [2.75, 3.05) is 24.3 Å². The summed E-state index contributed by atoms with van der Waals surface area (Å²) in [5, 5.41) is 5.77. The molecule has 0 unspecified atom stereocenters. The number of hydrogen-bond acceptors (Lipinski definition) is 6. The molecule has 1 aromatic heterocycles. The summed E-state index contributed by atoms with van der Waals surface area (Å²) >= 11 is 0. The van der Waals surface area contributed by atoms with E-state index in [1.165, 1.54) is 19.5 Å². The van der Waals surface area contributed by atoms with E-state index in [4.69, 9.17) is 0 Å². The standard InChI is InChI=1S/C16H18N4O3/c1-3-8-17-14-10-18-13(9-19-14)15(21)20-12-6-4-11(5-7-12)16(22)23-2/h4-7,9-10H,3,8H2,1-2H3,(H,17,19)(H,20,21). The number of hydrogen-bond donors (Lipinski definition) is 2. The Bertz CT molecular complexity index is 669. The molecule has 0 aliphatic rings. The van der Waals surface area contributed by atoms with E-state index in [0.717, 1.165) is 13.0 Å². The molecule has 0 saturated carbocycles. The zero-order valence-electron chi connectivity index (χ0n) is 13.0. The Kier molecular flexibility index (Phi) is 5.62. The van der Waals surface area contributed by atoms with E-state index in [9.17, 15) is 9.59 Å². The lowest BCUT2D eigenvalue weighted by molar-refractivity contribution is 0.0600. The van der Waals surface area contributed by atoms with Crippen LogP contribution < -0.4 is 10.6 Å². The first-order valence-electron chi connectivity index (χ1n) is 7.19. The predicted molar refractivity (Wildman–Crippen MR) is 86.5 cm³/mol. The van der Waals surface area contributed by atoms with Gasteiger partial charge in [0.25, 0.3) is 5.91 Å². The molecule has 120 valence electrons. The molecular weight excluding hydrogens is 296 g/mol. The highest BCUT2D eigenvalue weighted by Gasteiger charge is 2.10. The van der Waals surface area contributed by atoms with Crippen molar-refractivity contribution in [3.8, 4) is 0 Å². The van der Waals surface area contributed by atoms with Crippen molar-refractivity contribution in [2.24, 2.45) is 0 Å². The zero-order valence-corrected chi connectivity index (χ0v) is 13.0.